The van der Waals surface area contributed by atoms with Gasteiger partial charge in [0.25, 0.3) is 10.1 Å². The van der Waals surface area contributed by atoms with Crippen LogP contribution in [-0.4, -0.2) is 30.2 Å². The Morgan fingerprint density at radius 3 is 2.56 bits per heavy atom. The van der Waals surface area contributed by atoms with Gasteiger partial charge in [-0.1, -0.05) is 12.1 Å². The van der Waals surface area contributed by atoms with E-state index in [-0.39, 0.29) is 5.11 Å². The standard InChI is InChI=1S/C9H12N4O3S2/c10-9(17)13-12-5-7-1-3-8(4-2-7)11-6-18(14,15)16/h1-5,11H,6H2,(H3,10,13,17)(H,14,15,16)/b12-5+. The number of hydrazone groups is 1. The van der Waals surface area contributed by atoms with Crippen LogP contribution in [0, 0.1) is 0 Å². The lowest BCUT2D eigenvalue weighted by molar-refractivity contribution is 0.485. The molecule has 0 aliphatic rings. The van der Waals surface area contributed by atoms with Gasteiger partial charge < -0.3 is 11.1 Å². The summed E-state index contributed by atoms with van der Waals surface area (Å²) < 4.78 is 29.6. The van der Waals surface area contributed by atoms with Crippen molar-refractivity contribution >= 4 is 39.4 Å². The fourth-order valence-electron chi connectivity index (χ4n) is 1.03. The van der Waals surface area contributed by atoms with Gasteiger partial charge in [-0.15, -0.1) is 0 Å². The molecular weight excluding hydrogens is 276 g/mol. The third-order valence-corrected chi connectivity index (χ3v) is 2.36. The Labute approximate surface area is 110 Å². The first-order valence-corrected chi connectivity index (χ1v) is 6.76. The molecule has 7 nitrogen and oxygen atoms in total. The van der Waals surface area contributed by atoms with Crippen molar-refractivity contribution in [1.82, 2.24) is 5.43 Å². The first kappa shape index (κ1) is 14.4. The van der Waals surface area contributed by atoms with E-state index in [9.17, 15) is 8.42 Å². The van der Waals surface area contributed by atoms with Gasteiger partial charge in [0.15, 0.2) is 5.11 Å². The third kappa shape index (κ3) is 6.13. The zero-order valence-corrected chi connectivity index (χ0v) is 10.8. The highest BCUT2D eigenvalue weighted by Gasteiger charge is 2.02. The fourth-order valence-corrected chi connectivity index (χ4v) is 1.43. The summed E-state index contributed by atoms with van der Waals surface area (Å²) in [7, 11) is -4.03. The van der Waals surface area contributed by atoms with Crippen molar-refractivity contribution < 1.29 is 13.0 Å². The normalized spacial score (nSPS) is 11.4. The third-order valence-electron chi connectivity index (χ3n) is 1.76. The van der Waals surface area contributed by atoms with Gasteiger partial charge in [0.2, 0.25) is 0 Å². The summed E-state index contributed by atoms with van der Waals surface area (Å²) in [6.07, 6.45) is 1.51. The number of anilines is 1. The van der Waals surface area contributed by atoms with Gasteiger partial charge in [0, 0.05) is 5.69 Å². The number of nitrogens with two attached hydrogens (primary N) is 1. The van der Waals surface area contributed by atoms with Crippen LogP contribution in [0.15, 0.2) is 29.4 Å². The Morgan fingerprint density at radius 1 is 1.44 bits per heavy atom. The molecule has 0 aliphatic heterocycles. The molecule has 0 radical (unpaired) electrons. The summed E-state index contributed by atoms with van der Waals surface area (Å²) >= 11 is 4.56. The molecule has 0 bridgehead atoms. The molecule has 0 atom stereocenters. The molecule has 98 valence electrons. The smallest absolute Gasteiger partial charge is 0.283 e. The van der Waals surface area contributed by atoms with Crippen molar-refractivity contribution in [1.29, 1.82) is 0 Å². The van der Waals surface area contributed by atoms with E-state index in [4.69, 9.17) is 10.3 Å². The Hall–Kier alpha value is -1.71. The van der Waals surface area contributed by atoms with Crippen molar-refractivity contribution in [2.45, 2.75) is 0 Å². The van der Waals surface area contributed by atoms with E-state index in [1.807, 2.05) is 0 Å². The van der Waals surface area contributed by atoms with Crippen LogP contribution >= 0.6 is 12.2 Å². The molecule has 1 rings (SSSR count). The number of nitrogens with zero attached hydrogens (tertiary/aromatic N) is 1. The SMILES string of the molecule is NC(=S)N/N=C/c1ccc(NCS(=O)(=O)O)cc1. The molecule has 0 amide bonds. The monoisotopic (exact) mass is 288 g/mol. The van der Waals surface area contributed by atoms with Crippen LogP contribution in [0.5, 0.6) is 0 Å². The molecular formula is C9H12N4O3S2. The lowest BCUT2D eigenvalue weighted by Crippen LogP contribution is -2.23. The van der Waals surface area contributed by atoms with Crippen molar-refractivity contribution in [3.8, 4) is 0 Å². The van der Waals surface area contributed by atoms with Crippen molar-refractivity contribution in [2.24, 2.45) is 10.8 Å². The Morgan fingerprint density at radius 2 is 2.06 bits per heavy atom. The van der Waals surface area contributed by atoms with Crippen LogP contribution in [0.1, 0.15) is 5.56 Å². The molecule has 0 unspecified atom stereocenters. The van der Waals surface area contributed by atoms with E-state index < -0.39 is 16.0 Å². The molecule has 0 aromatic heterocycles. The minimum atomic E-state index is -4.03. The largest absolute Gasteiger partial charge is 0.375 e. The predicted molar refractivity (Wildman–Crippen MR) is 74.0 cm³/mol. The Bertz CT molecular complexity index is 539. The van der Waals surface area contributed by atoms with Crippen LogP contribution in [-0.2, 0) is 10.1 Å². The molecule has 1 aromatic carbocycles. The van der Waals surface area contributed by atoms with E-state index in [0.29, 0.717) is 5.69 Å². The number of thiocarbonyl (C=S) groups is 1. The molecule has 0 saturated heterocycles. The molecule has 0 spiro atoms. The number of hydrogen-bond acceptors (Lipinski definition) is 5. The average Bonchev–Trinajstić information content (AvgIpc) is 2.26. The zero-order chi connectivity index (χ0) is 13.6. The Kier molecular flexibility index (Phi) is 5.01. The van der Waals surface area contributed by atoms with Crippen LogP contribution in [0.3, 0.4) is 0 Å². The van der Waals surface area contributed by atoms with Crippen molar-refractivity contribution in [2.75, 3.05) is 11.2 Å². The van der Waals surface area contributed by atoms with Crippen LogP contribution in [0.25, 0.3) is 0 Å². The molecule has 0 fully saturated rings. The lowest BCUT2D eigenvalue weighted by atomic mass is 10.2. The molecule has 5 N–H and O–H groups in total. The Balaban J connectivity index is 2.57. The first-order chi connectivity index (χ1) is 8.37. The van der Waals surface area contributed by atoms with E-state index >= 15 is 0 Å². The topological polar surface area (TPSA) is 117 Å². The maximum absolute atomic E-state index is 10.5. The number of benzene rings is 1. The molecule has 1 aromatic rings. The van der Waals surface area contributed by atoms with E-state index in [1.165, 1.54) is 6.21 Å². The molecule has 0 heterocycles. The van der Waals surface area contributed by atoms with Gasteiger partial charge in [-0.2, -0.15) is 13.5 Å². The van der Waals surface area contributed by atoms with Gasteiger partial charge in [-0.05, 0) is 29.9 Å². The van der Waals surface area contributed by atoms with Crippen LogP contribution < -0.4 is 16.5 Å². The summed E-state index contributed by atoms with van der Waals surface area (Å²) in [6.45, 7) is 0. The second-order valence-corrected chi connectivity index (χ2v) is 5.15. The predicted octanol–water partition coefficient (Wildman–Crippen LogP) is 0.111. The maximum atomic E-state index is 10.5. The number of nitrogens with one attached hydrogen (secondary N) is 2. The van der Waals surface area contributed by atoms with E-state index in [2.05, 4.69) is 28.1 Å². The lowest BCUT2D eigenvalue weighted by Gasteiger charge is -2.04. The quantitative estimate of drug-likeness (QED) is 0.263. The molecule has 0 aliphatic carbocycles. The zero-order valence-electron chi connectivity index (χ0n) is 9.20. The summed E-state index contributed by atoms with van der Waals surface area (Å²) in [5.74, 6) is -0.538. The second-order valence-electron chi connectivity index (χ2n) is 3.26. The molecule has 0 saturated carbocycles. The highest BCUT2D eigenvalue weighted by atomic mass is 32.2. The highest BCUT2D eigenvalue weighted by Crippen LogP contribution is 2.08. The van der Waals surface area contributed by atoms with Gasteiger partial charge in [0.05, 0.1) is 6.21 Å². The van der Waals surface area contributed by atoms with E-state index in [0.717, 1.165) is 5.56 Å². The number of rotatable bonds is 5. The van der Waals surface area contributed by atoms with Gasteiger partial charge in [-0.25, -0.2) is 0 Å². The number of hydrogen-bond donors (Lipinski definition) is 4. The highest BCUT2D eigenvalue weighted by molar-refractivity contribution is 7.85. The maximum Gasteiger partial charge on any atom is 0.283 e. The summed E-state index contributed by atoms with van der Waals surface area (Å²) in [6, 6.07) is 6.70. The van der Waals surface area contributed by atoms with Gasteiger partial charge in [0.1, 0.15) is 5.88 Å². The van der Waals surface area contributed by atoms with Crippen molar-refractivity contribution in [3.63, 3.8) is 0 Å². The minimum Gasteiger partial charge on any atom is -0.375 e. The average molecular weight is 288 g/mol. The minimum absolute atomic E-state index is 0.0673. The second kappa shape index (κ2) is 6.28. The van der Waals surface area contributed by atoms with Crippen LogP contribution in [0.4, 0.5) is 5.69 Å². The van der Waals surface area contributed by atoms with Gasteiger partial charge in [-0.3, -0.25) is 9.98 Å². The first-order valence-electron chi connectivity index (χ1n) is 4.74. The van der Waals surface area contributed by atoms with Crippen LogP contribution in [0.2, 0.25) is 0 Å². The fraction of sp³-hybridized carbons (Fsp3) is 0.111. The van der Waals surface area contributed by atoms with E-state index in [1.54, 1.807) is 24.3 Å². The molecule has 9 heteroatoms. The summed E-state index contributed by atoms with van der Waals surface area (Å²) in [5.41, 5.74) is 8.92. The van der Waals surface area contributed by atoms with Gasteiger partial charge >= 0.3 is 0 Å². The molecule has 18 heavy (non-hydrogen) atoms. The van der Waals surface area contributed by atoms with Crippen molar-refractivity contribution in [3.05, 3.63) is 29.8 Å². The summed E-state index contributed by atoms with van der Waals surface area (Å²) in [4.78, 5) is 0. The summed E-state index contributed by atoms with van der Waals surface area (Å²) in [5, 5.41) is 6.37.